The molecule has 1 saturated carbocycles. The summed E-state index contributed by atoms with van der Waals surface area (Å²) in [6, 6.07) is 5.78. The van der Waals surface area contributed by atoms with E-state index < -0.39 is 0 Å². The van der Waals surface area contributed by atoms with E-state index in [-0.39, 0.29) is 17.6 Å². The lowest BCUT2D eigenvalue weighted by molar-refractivity contribution is 0.384. The maximum atomic E-state index is 8.81. The summed E-state index contributed by atoms with van der Waals surface area (Å²) in [5.41, 5.74) is 8.52. The first-order valence-electron chi connectivity index (χ1n) is 8.93. The zero-order chi connectivity index (χ0) is 19.0. The van der Waals surface area contributed by atoms with Gasteiger partial charge in [-0.25, -0.2) is 9.97 Å². The Morgan fingerprint density at radius 2 is 2.07 bits per heavy atom. The van der Waals surface area contributed by atoms with E-state index in [4.69, 9.17) is 15.7 Å². The number of nitrogen functional groups attached to an aromatic ring is 1. The predicted octanol–water partition coefficient (Wildman–Crippen LogP) is 3.22. The molecule has 1 aliphatic carbocycles. The quantitative estimate of drug-likeness (QED) is 0.574. The SMILES string of the molecule is CC(C)Nc1ncnc(N)c1C(=N)c1noc(C2CC2)c1-c1ccccn1. The van der Waals surface area contributed by atoms with E-state index in [2.05, 4.69) is 25.4 Å². The van der Waals surface area contributed by atoms with Crippen LogP contribution in [0.1, 0.15) is 49.6 Å². The highest BCUT2D eigenvalue weighted by molar-refractivity contribution is 6.18. The fourth-order valence-corrected chi connectivity index (χ4v) is 3.00. The van der Waals surface area contributed by atoms with Crippen LogP contribution >= 0.6 is 0 Å². The number of rotatable bonds is 6. The first-order chi connectivity index (χ1) is 13.1. The molecule has 138 valence electrons. The van der Waals surface area contributed by atoms with Gasteiger partial charge in [-0.2, -0.15) is 0 Å². The maximum Gasteiger partial charge on any atom is 0.149 e. The zero-order valence-electron chi connectivity index (χ0n) is 15.2. The molecule has 8 heteroatoms. The number of anilines is 2. The van der Waals surface area contributed by atoms with Crippen LogP contribution in [-0.4, -0.2) is 31.9 Å². The first kappa shape index (κ1) is 17.1. The molecule has 0 bridgehead atoms. The van der Waals surface area contributed by atoms with Crippen LogP contribution in [0.4, 0.5) is 11.6 Å². The number of hydrogen-bond donors (Lipinski definition) is 3. The fourth-order valence-electron chi connectivity index (χ4n) is 3.00. The van der Waals surface area contributed by atoms with Crippen LogP contribution in [0.5, 0.6) is 0 Å². The summed E-state index contributed by atoms with van der Waals surface area (Å²) in [6.07, 6.45) is 5.21. The topological polar surface area (TPSA) is 127 Å². The number of nitrogens with two attached hydrogens (primary N) is 1. The Morgan fingerprint density at radius 3 is 2.74 bits per heavy atom. The van der Waals surface area contributed by atoms with Crippen molar-refractivity contribution in [1.82, 2.24) is 20.1 Å². The summed E-state index contributed by atoms with van der Waals surface area (Å²) in [4.78, 5) is 12.8. The predicted molar refractivity (Wildman–Crippen MR) is 103 cm³/mol. The fraction of sp³-hybridized carbons (Fsp3) is 0.316. The number of aromatic nitrogens is 4. The van der Waals surface area contributed by atoms with Crippen molar-refractivity contribution in [3.8, 4) is 11.3 Å². The van der Waals surface area contributed by atoms with Crippen molar-refractivity contribution in [3.63, 3.8) is 0 Å². The monoisotopic (exact) mass is 363 g/mol. The average Bonchev–Trinajstić information content (AvgIpc) is 3.40. The third kappa shape index (κ3) is 3.25. The van der Waals surface area contributed by atoms with Crippen molar-refractivity contribution < 1.29 is 4.52 Å². The molecule has 0 spiro atoms. The summed E-state index contributed by atoms with van der Waals surface area (Å²) >= 11 is 0. The van der Waals surface area contributed by atoms with Crippen molar-refractivity contribution in [3.05, 3.63) is 47.7 Å². The molecule has 0 unspecified atom stereocenters. The van der Waals surface area contributed by atoms with Gasteiger partial charge in [-0.3, -0.25) is 10.4 Å². The van der Waals surface area contributed by atoms with Crippen molar-refractivity contribution in [2.24, 2.45) is 0 Å². The highest BCUT2D eigenvalue weighted by Crippen LogP contribution is 2.45. The van der Waals surface area contributed by atoms with Gasteiger partial charge in [0.05, 0.1) is 22.5 Å². The van der Waals surface area contributed by atoms with E-state index in [1.807, 2.05) is 32.0 Å². The number of pyridine rings is 1. The lowest BCUT2D eigenvalue weighted by Gasteiger charge is -2.15. The van der Waals surface area contributed by atoms with Gasteiger partial charge >= 0.3 is 0 Å². The summed E-state index contributed by atoms with van der Waals surface area (Å²) in [7, 11) is 0. The van der Waals surface area contributed by atoms with E-state index >= 15 is 0 Å². The normalized spacial score (nSPS) is 13.7. The van der Waals surface area contributed by atoms with Gasteiger partial charge in [0.25, 0.3) is 0 Å². The molecule has 0 saturated heterocycles. The molecular formula is C19H21N7O. The number of nitrogens with zero attached hydrogens (tertiary/aromatic N) is 4. The summed E-state index contributed by atoms with van der Waals surface area (Å²) in [5, 5.41) is 16.2. The zero-order valence-corrected chi connectivity index (χ0v) is 15.2. The minimum Gasteiger partial charge on any atom is -0.383 e. The van der Waals surface area contributed by atoms with Gasteiger partial charge in [0.15, 0.2) is 0 Å². The Kier molecular flexibility index (Phi) is 4.31. The van der Waals surface area contributed by atoms with Crippen molar-refractivity contribution in [2.75, 3.05) is 11.1 Å². The van der Waals surface area contributed by atoms with Gasteiger partial charge in [0.1, 0.15) is 29.4 Å². The Morgan fingerprint density at radius 1 is 1.26 bits per heavy atom. The van der Waals surface area contributed by atoms with Gasteiger partial charge in [-0.15, -0.1) is 0 Å². The summed E-state index contributed by atoms with van der Waals surface area (Å²) in [5.74, 6) is 1.84. The van der Waals surface area contributed by atoms with Crippen LogP contribution < -0.4 is 11.1 Å². The first-order valence-corrected chi connectivity index (χ1v) is 8.93. The van der Waals surface area contributed by atoms with Gasteiger partial charge < -0.3 is 15.6 Å². The third-order valence-corrected chi connectivity index (χ3v) is 4.38. The molecule has 0 atom stereocenters. The van der Waals surface area contributed by atoms with Crippen LogP contribution in [-0.2, 0) is 0 Å². The van der Waals surface area contributed by atoms with Crippen molar-refractivity contribution in [2.45, 2.75) is 38.6 Å². The minimum absolute atomic E-state index is 0.118. The molecule has 8 nitrogen and oxygen atoms in total. The second-order valence-electron chi connectivity index (χ2n) is 6.92. The van der Waals surface area contributed by atoms with Crippen LogP contribution in [0.15, 0.2) is 35.2 Å². The standard InChI is InChI=1S/C19H21N7O/c1-10(2)25-19-14(18(21)23-9-24-19)15(20)16-13(12-5-3-4-8-22-12)17(27-26-16)11-6-7-11/h3-5,8-11,20H,6-7H2,1-2H3,(H3,21,23,24,25). The van der Waals surface area contributed by atoms with Crippen LogP contribution in [0.25, 0.3) is 11.3 Å². The lowest BCUT2D eigenvalue weighted by Crippen LogP contribution is -2.18. The smallest absolute Gasteiger partial charge is 0.149 e. The Balaban J connectivity index is 1.85. The molecule has 0 aliphatic heterocycles. The van der Waals surface area contributed by atoms with Crippen LogP contribution in [0.2, 0.25) is 0 Å². The molecule has 3 aromatic heterocycles. The molecule has 4 rings (SSSR count). The van der Waals surface area contributed by atoms with Gasteiger partial charge in [0.2, 0.25) is 0 Å². The Hall–Kier alpha value is -3.29. The number of nitrogens with one attached hydrogen (secondary N) is 2. The van der Waals surface area contributed by atoms with Gasteiger partial charge in [-0.05, 0) is 38.8 Å². The molecule has 0 aromatic carbocycles. The second-order valence-corrected chi connectivity index (χ2v) is 6.92. The molecule has 0 amide bonds. The van der Waals surface area contributed by atoms with E-state index in [0.29, 0.717) is 23.0 Å². The minimum atomic E-state index is 0.118. The molecule has 4 N–H and O–H groups in total. The molecule has 27 heavy (non-hydrogen) atoms. The summed E-state index contributed by atoms with van der Waals surface area (Å²) in [6.45, 7) is 3.98. The molecule has 3 aromatic rings. The highest BCUT2D eigenvalue weighted by Gasteiger charge is 2.35. The second kappa shape index (κ2) is 6.79. The lowest BCUT2D eigenvalue weighted by atomic mass is 9.99. The Labute approximate surface area is 156 Å². The molecule has 1 aliphatic rings. The maximum absolute atomic E-state index is 8.81. The largest absolute Gasteiger partial charge is 0.383 e. The van der Waals surface area contributed by atoms with E-state index in [9.17, 15) is 0 Å². The Bertz CT molecular complexity index is 977. The average molecular weight is 363 g/mol. The third-order valence-electron chi connectivity index (χ3n) is 4.38. The summed E-state index contributed by atoms with van der Waals surface area (Å²) < 4.78 is 5.64. The van der Waals surface area contributed by atoms with Crippen LogP contribution in [0, 0.1) is 5.41 Å². The van der Waals surface area contributed by atoms with Gasteiger partial charge in [-0.1, -0.05) is 11.2 Å². The number of hydrogen-bond acceptors (Lipinski definition) is 8. The molecular weight excluding hydrogens is 342 g/mol. The van der Waals surface area contributed by atoms with Crippen molar-refractivity contribution in [1.29, 1.82) is 5.41 Å². The molecule has 0 radical (unpaired) electrons. The van der Waals surface area contributed by atoms with Crippen molar-refractivity contribution >= 4 is 17.3 Å². The van der Waals surface area contributed by atoms with E-state index in [1.165, 1.54) is 6.33 Å². The highest BCUT2D eigenvalue weighted by atomic mass is 16.5. The van der Waals surface area contributed by atoms with E-state index in [1.54, 1.807) is 6.20 Å². The van der Waals surface area contributed by atoms with Crippen LogP contribution in [0.3, 0.4) is 0 Å². The molecule has 3 heterocycles. The molecule has 1 fully saturated rings. The van der Waals surface area contributed by atoms with Gasteiger partial charge in [0, 0.05) is 18.2 Å². The van der Waals surface area contributed by atoms with E-state index in [0.717, 1.165) is 29.9 Å².